The second-order valence-electron chi connectivity index (χ2n) is 13.4. The number of carbonyl (C=O) groups excluding carboxylic acids is 2. The van der Waals surface area contributed by atoms with Crippen LogP contribution in [0.5, 0.6) is 0 Å². The van der Waals surface area contributed by atoms with E-state index >= 15 is 4.79 Å². The van der Waals surface area contributed by atoms with E-state index in [-0.39, 0.29) is 5.70 Å². The third kappa shape index (κ3) is 2.56. The number of amides is 2. The number of anilines is 1. The first-order chi connectivity index (χ1) is 20.3. The number of para-hydroxylation sites is 2. The highest BCUT2D eigenvalue weighted by molar-refractivity contribution is 6.12. The van der Waals surface area contributed by atoms with Gasteiger partial charge in [-0.2, -0.15) is 0 Å². The molecule has 0 unspecified atom stereocenters. The van der Waals surface area contributed by atoms with Gasteiger partial charge in [-0.3, -0.25) is 19.4 Å². The predicted molar refractivity (Wildman–Crippen MR) is 158 cm³/mol. The summed E-state index contributed by atoms with van der Waals surface area (Å²) in [4.78, 5) is 37.4. The number of nitrogens with zero attached hydrogens (tertiary/aromatic N) is 3. The number of aromatic amines is 1. The first-order valence-corrected chi connectivity index (χ1v) is 14.5. The van der Waals surface area contributed by atoms with Crippen molar-refractivity contribution >= 4 is 34.5 Å². The van der Waals surface area contributed by atoms with Gasteiger partial charge < -0.3 is 29.9 Å². The average molecular weight is 583 g/mol. The van der Waals surface area contributed by atoms with Crippen LogP contribution in [-0.2, 0) is 25.3 Å². The minimum Gasteiger partial charge on any atom is -0.396 e. The Morgan fingerprint density at radius 3 is 2.40 bits per heavy atom. The average Bonchev–Trinajstić information content (AvgIpc) is 3.49. The van der Waals surface area contributed by atoms with E-state index < -0.39 is 58.4 Å². The molecule has 222 valence electrons. The number of hydrogen-bond acceptors (Lipinski definition) is 7. The zero-order valence-electron chi connectivity index (χ0n) is 24.6. The highest BCUT2D eigenvalue weighted by Crippen LogP contribution is 2.74. The molecule has 3 fully saturated rings. The summed E-state index contributed by atoms with van der Waals surface area (Å²) in [6.07, 6.45) is 3.48. The van der Waals surface area contributed by atoms with E-state index in [0.717, 1.165) is 27.1 Å². The van der Waals surface area contributed by atoms with Crippen molar-refractivity contribution in [3.63, 3.8) is 0 Å². The third-order valence-electron chi connectivity index (χ3n) is 10.7. The Hall–Kier alpha value is -3.96. The zero-order valence-corrected chi connectivity index (χ0v) is 24.6. The topological polar surface area (TPSA) is 130 Å². The summed E-state index contributed by atoms with van der Waals surface area (Å²) in [5.74, 6) is -2.23. The maximum absolute atomic E-state index is 15.0. The molecule has 5 atom stereocenters. The van der Waals surface area contributed by atoms with E-state index in [1.807, 2.05) is 75.1 Å². The summed E-state index contributed by atoms with van der Waals surface area (Å²) in [6.45, 7) is 7.44. The van der Waals surface area contributed by atoms with E-state index in [4.69, 9.17) is 4.74 Å². The van der Waals surface area contributed by atoms with Crippen LogP contribution < -0.4 is 4.90 Å². The molecule has 6 heterocycles. The number of nitrogens with one attached hydrogen (secondary N) is 1. The Labute approximate surface area is 248 Å². The van der Waals surface area contributed by atoms with Gasteiger partial charge in [0, 0.05) is 57.7 Å². The highest BCUT2D eigenvalue weighted by Gasteiger charge is 2.92. The Kier molecular flexibility index (Phi) is 4.81. The molecule has 2 amide bonds. The number of aromatic nitrogens is 1. The Morgan fingerprint density at radius 2 is 1.67 bits per heavy atom. The minimum atomic E-state index is -2.59. The van der Waals surface area contributed by atoms with Crippen molar-refractivity contribution in [2.45, 2.75) is 61.7 Å². The maximum Gasteiger partial charge on any atom is 0.287 e. The van der Waals surface area contributed by atoms with Crippen LogP contribution in [0.25, 0.3) is 17.0 Å². The Morgan fingerprint density at radius 1 is 0.977 bits per heavy atom. The number of H-pyrrole nitrogens is 1. The molecule has 3 saturated heterocycles. The number of allylic oxidation sites excluding steroid dienone is 1. The molecule has 0 bridgehead atoms. The summed E-state index contributed by atoms with van der Waals surface area (Å²) in [7, 11) is 1.31. The molecule has 1 aromatic heterocycles. The molecule has 43 heavy (non-hydrogen) atoms. The molecule has 0 aliphatic carbocycles. The lowest BCUT2D eigenvalue weighted by atomic mass is 9.60. The van der Waals surface area contributed by atoms with Crippen LogP contribution in [0.4, 0.5) is 5.69 Å². The summed E-state index contributed by atoms with van der Waals surface area (Å²) < 4.78 is 5.86. The number of rotatable bonds is 2. The quantitative estimate of drug-likeness (QED) is 0.366. The SMILES string of the molecule is CO[C@@H]1[C@]2(O)C(=O)N3C=CC(C)(C)c4[nH]c5ccccc5c4C=C3C(=O)N2[C@]23[C@H](CO)C(C)(C)N2c2ccccc2[C@]13O. The minimum absolute atomic E-state index is 0.0261. The van der Waals surface area contributed by atoms with Crippen LogP contribution in [0.15, 0.2) is 66.5 Å². The van der Waals surface area contributed by atoms with Crippen LogP contribution in [0.1, 0.15) is 44.5 Å². The van der Waals surface area contributed by atoms with Gasteiger partial charge in [0.1, 0.15) is 5.70 Å². The van der Waals surface area contributed by atoms with Crippen molar-refractivity contribution in [2.24, 2.45) is 5.92 Å². The Balaban J connectivity index is 1.44. The van der Waals surface area contributed by atoms with E-state index in [9.17, 15) is 20.1 Å². The van der Waals surface area contributed by atoms with E-state index in [0.29, 0.717) is 11.3 Å². The molecule has 5 aliphatic heterocycles. The normalized spacial score (nSPS) is 34.4. The fourth-order valence-corrected chi connectivity index (χ4v) is 9.01. The number of methoxy groups -OCH3 is 1. The molecule has 5 aliphatic rings. The smallest absolute Gasteiger partial charge is 0.287 e. The molecule has 3 aromatic rings. The van der Waals surface area contributed by atoms with Crippen molar-refractivity contribution < 1.29 is 29.6 Å². The molecule has 10 heteroatoms. The second-order valence-corrected chi connectivity index (χ2v) is 13.4. The molecule has 8 rings (SSSR count). The number of benzene rings is 2. The lowest BCUT2D eigenvalue weighted by Gasteiger charge is -2.71. The van der Waals surface area contributed by atoms with Crippen molar-refractivity contribution in [3.05, 3.63) is 83.3 Å². The predicted octanol–water partition coefficient (Wildman–Crippen LogP) is 2.51. The van der Waals surface area contributed by atoms with Crippen LogP contribution >= 0.6 is 0 Å². The molecule has 4 N–H and O–H groups in total. The van der Waals surface area contributed by atoms with Crippen molar-refractivity contribution in [2.75, 3.05) is 18.6 Å². The molecule has 2 aromatic carbocycles. The summed E-state index contributed by atoms with van der Waals surface area (Å²) in [5.41, 5.74) is -4.06. The van der Waals surface area contributed by atoms with Gasteiger partial charge in [-0.05, 0) is 32.1 Å². The number of carbonyl (C=O) groups is 2. The lowest BCUT2D eigenvalue weighted by molar-refractivity contribution is -0.218. The van der Waals surface area contributed by atoms with Gasteiger partial charge >= 0.3 is 0 Å². The number of hydrogen-bond donors (Lipinski definition) is 4. The molecular formula is C33H34N4O6. The van der Waals surface area contributed by atoms with Gasteiger partial charge in [-0.15, -0.1) is 0 Å². The van der Waals surface area contributed by atoms with Crippen LogP contribution in [0.3, 0.4) is 0 Å². The van der Waals surface area contributed by atoms with Gasteiger partial charge in [0.2, 0.25) is 0 Å². The van der Waals surface area contributed by atoms with Gasteiger partial charge in [0.15, 0.2) is 17.4 Å². The highest BCUT2D eigenvalue weighted by atomic mass is 16.5. The third-order valence-corrected chi connectivity index (χ3v) is 10.7. The standard InChI is InChI=1S/C33H34N4O6/c1-29(2)14-15-35-23(16-19-18-10-6-8-12-21(18)34-25(19)29)26(39)37-32(42,28(35)40)27(43-5)31(41)20-11-7-9-13-22(20)36-30(3,4)24(17-38)33(31,36)37/h6-16,24,27,34,38,41-42H,17H2,1-5H3/t24-,27+,31+,32+,33+/m1/s1. The van der Waals surface area contributed by atoms with Gasteiger partial charge in [0.25, 0.3) is 17.5 Å². The summed E-state index contributed by atoms with van der Waals surface area (Å²) in [5, 5.41) is 37.3. The molecule has 10 nitrogen and oxygen atoms in total. The first-order valence-electron chi connectivity index (χ1n) is 14.5. The van der Waals surface area contributed by atoms with Gasteiger partial charge in [-0.1, -0.05) is 56.3 Å². The fourth-order valence-electron chi connectivity index (χ4n) is 9.01. The van der Waals surface area contributed by atoms with Gasteiger partial charge in [-0.25, -0.2) is 0 Å². The molecule has 1 spiro atoms. The number of ether oxygens (including phenoxy) is 1. The Bertz CT molecular complexity index is 1840. The molecule has 0 saturated carbocycles. The second kappa shape index (κ2) is 7.75. The summed E-state index contributed by atoms with van der Waals surface area (Å²) in [6, 6.07) is 14.9. The summed E-state index contributed by atoms with van der Waals surface area (Å²) >= 11 is 0. The van der Waals surface area contributed by atoms with E-state index in [2.05, 4.69) is 4.98 Å². The monoisotopic (exact) mass is 582 g/mol. The number of aliphatic hydroxyl groups excluding tert-OH is 1. The van der Waals surface area contributed by atoms with Crippen LogP contribution in [0, 0.1) is 5.92 Å². The lowest BCUT2D eigenvalue weighted by Crippen LogP contribution is -2.89. The van der Waals surface area contributed by atoms with Gasteiger partial charge in [0.05, 0.1) is 12.5 Å². The van der Waals surface area contributed by atoms with Crippen LogP contribution in [0.2, 0.25) is 0 Å². The van der Waals surface area contributed by atoms with Crippen molar-refractivity contribution in [1.82, 2.24) is 14.8 Å². The zero-order chi connectivity index (χ0) is 30.5. The van der Waals surface area contributed by atoms with Crippen molar-refractivity contribution in [3.8, 4) is 0 Å². The number of piperazine rings is 1. The van der Waals surface area contributed by atoms with Crippen LogP contribution in [-0.4, -0.2) is 78.7 Å². The van der Waals surface area contributed by atoms with E-state index in [1.54, 1.807) is 18.2 Å². The van der Waals surface area contributed by atoms with E-state index in [1.165, 1.54) is 18.2 Å². The number of aliphatic hydroxyl groups is 3. The fraction of sp³-hybridized carbons (Fsp3) is 0.394. The maximum atomic E-state index is 15.0. The first kappa shape index (κ1) is 26.7. The molecular weight excluding hydrogens is 548 g/mol. The van der Waals surface area contributed by atoms with Crippen molar-refractivity contribution in [1.29, 1.82) is 0 Å². The molecule has 0 radical (unpaired) electrons. The number of fused-ring (bicyclic) bond motifs is 8. The largest absolute Gasteiger partial charge is 0.396 e.